The van der Waals surface area contributed by atoms with Gasteiger partial charge in [0.25, 0.3) is 0 Å². The van der Waals surface area contributed by atoms with E-state index in [0.717, 1.165) is 12.1 Å². The number of benzene rings is 2. The van der Waals surface area contributed by atoms with E-state index < -0.39 is 83.5 Å². The maximum Gasteiger partial charge on any atom is 0.516 e. The Morgan fingerprint density at radius 3 is 2.19 bits per heavy atom. The van der Waals surface area contributed by atoms with Gasteiger partial charge < -0.3 is 5.11 Å². The smallest absolute Gasteiger partial charge is 0.481 e. The molecule has 0 saturated heterocycles. The van der Waals surface area contributed by atoms with Gasteiger partial charge in [0, 0.05) is 22.8 Å². The monoisotopic (exact) mass is 573 g/mol. The average molecular weight is 574 g/mol. The quantitative estimate of drug-likeness (QED) is 0.463. The van der Waals surface area contributed by atoms with E-state index in [0.29, 0.717) is 30.5 Å². The van der Waals surface area contributed by atoms with Crippen LogP contribution in [0.15, 0.2) is 59.6 Å². The molecule has 0 aromatic heterocycles. The van der Waals surface area contributed by atoms with Crippen LogP contribution in [0.25, 0.3) is 0 Å². The summed E-state index contributed by atoms with van der Waals surface area (Å²) in [5.41, 5.74) is -6.49. The van der Waals surface area contributed by atoms with E-state index >= 15 is 0 Å². The number of sulfone groups is 1. The molecule has 0 atom stereocenters. The molecule has 1 N–H and O–H groups in total. The SMILES string of the molecule is O=C(O)C/C=C/N(C1CC(c2cc(F)ccc2F)(S(=O)(=O)c2ccc(Cl)cc2)C1)S(=O)(=O)C(F)(F)F. The molecule has 2 aromatic rings. The van der Waals surface area contributed by atoms with E-state index in [1.54, 1.807) is 0 Å². The topological polar surface area (TPSA) is 109 Å². The van der Waals surface area contributed by atoms with E-state index in [-0.39, 0.29) is 9.33 Å². The Bertz CT molecular complexity index is 1400. The van der Waals surface area contributed by atoms with Gasteiger partial charge in [-0.2, -0.15) is 21.6 Å². The highest BCUT2D eigenvalue weighted by molar-refractivity contribution is 7.92. The van der Waals surface area contributed by atoms with Crippen molar-refractivity contribution in [2.45, 2.75) is 40.5 Å². The summed E-state index contributed by atoms with van der Waals surface area (Å²) >= 11 is 5.78. The second-order valence-corrected chi connectivity index (χ2v) is 12.4. The van der Waals surface area contributed by atoms with Crippen LogP contribution in [-0.2, 0) is 29.4 Å². The van der Waals surface area contributed by atoms with Crippen molar-refractivity contribution in [3.05, 3.63) is 77.0 Å². The van der Waals surface area contributed by atoms with Crippen molar-refractivity contribution in [2.75, 3.05) is 0 Å². The summed E-state index contributed by atoms with van der Waals surface area (Å²) in [6.45, 7) is 0. The van der Waals surface area contributed by atoms with Gasteiger partial charge in [0.15, 0.2) is 9.84 Å². The molecule has 0 radical (unpaired) electrons. The van der Waals surface area contributed by atoms with E-state index in [1.807, 2.05) is 0 Å². The summed E-state index contributed by atoms with van der Waals surface area (Å²) in [5.74, 6) is -3.66. The predicted octanol–water partition coefficient (Wildman–Crippen LogP) is 4.59. The molecule has 7 nitrogen and oxygen atoms in total. The fourth-order valence-electron chi connectivity index (χ4n) is 3.93. The van der Waals surface area contributed by atoms with Crippen LogP contribution < -0.4 is 0 Å². The number of carboxylic acid groups (broad SMARTS) is 1. The minimum atomic E-state index is -6.09. The fraction of sp³-hybridized carbons (Fsp3) is 0.286. The van der Waals surface area contributed by atoms with E-state index in [4.69, 9.17) is 16.7 Å². The number of rotatable bonds is 8. The molecule has 15 heteroatoms. The zero-order valence-electron chi connectivity index (χ0n) is 17.9. The minimum absolute atomic E-state index is 0.150. The number of halogens is 6. The molecule has 1 aliphatic carbocycles. The minimum Gasteiger partial charge on any atom is -0.481 e. The summed E-state index contributed by atoms with van der Waals surface area (Å²) in [6.07, 6.45) is -1.58. The molecule has 0 aliphatic heterocycles. The van der Waals surface area contributed by atoms with Gasteiger partial charge in [0.05, 0.1) is 11.3 Å². The molecule has 1 aliphatic rings. The third-order valence-corrected chi connectivity index (χ3v) is 9.95. The maximum absolute atomic E-state index is 14.8. The Labute approximate surface area is 207 Å². The molecule has 0 amide bonds. The van der Waals surface area contributed by atoms with Crippen molar-refractivity contribution in [2.24, 2.45) is 0 Å². The van der Waals surface area contributed by atoms with Gasteiger partial charge in [-0.3, -0.25) is 9.10 Å². The van der Waals surface area contributed by atoms with E-state index in [2.05, 4.69) is 0 Å². The Morgan fingerprint density at radius 2 is 1.67 bits per heavy atom. The number of carbonyl (C=O) groups is 1. The van der Waals surface area contributed by atoms with Gasteiger partial charge in [-0.15, -0.1) is 0 Å². The molecule has 36 heavy (non-hydrogen) atoms. The molecular weight excluding hydrogens is 557 g/mol. The van der Waals surface area contributed by atoms with Crippen LogP contribution in [0.1, 0.15) is 24.8 Å². The lowest BCUT2D eigenvalue weighted by Gasteiger charge is -2.50. The van der Waals surface area contributed by atoms with Crippen LogP contribution in [-0.4, -0.2) is 43.8 Å². The molecule has 2 aromatic carbocycles. The van der Waals surface area contributed by atoms with Gasteiger partial charge in [0.2, 0.25) is 0 Å². The molecule has 1 fully saturated rings. The van der Waals surface area contributed by atoms with Crippen LogP contribution in [0.5, 0.6) is 0 Å². The molecule has 1 saturated carbocycles. The van der Waals surface area contributed by atoms with E-state index in [9.17, 15) is 43.6 Å². The molecular formula is C21H17ClF5NO6S2. The number of sulfonamides is 1. The Kier molecular flexibility index (Phi) is 7.46. The van der Waals surface area contributed by atoms with Crippen molar-refractivity contribution < 1.29 is 48.7 Å². The van der Waals surface area contributed by atoms with E-state index in [1.165, 1.54) is 12.1 Å². The zero-order chi connectivity index (χ0) is 27.1. The van der Waals surface area contributed by atoms with Crippen molar-refractivity contribution in [1.82, 2.24) is 4.31 Å². The van der Waals surface area contributed by atoms with Crippen LogP contribution in [0.3, 0.4) is 0 Å². The summed E-state index contributed by atoms with van der Waals surface area (Å²) < 4.78 is 118. The second kappa shape index (κ2) is 9.63. The Hall–Kier alpha value is -2.71. The van der Waals surface area contributed by atoms with Crippen molar-refractivity contribution in [3.63, 3.8) is 0 Å². The first-order valence-corrected chi connectivity index (χ1v) is 13.3. The van der Waals surface area contributed by atoms with Crippen molar-refractivity contribution >= 4 is 37.4 Å². The standard InChI is InChI=1S/C21H17ClF5NO6S2/c22-13-3-6-16(7-4-13)35(31,32)20(17-10-14(23)5-8-18(17)24)11-15(12-20)28(9-1-2-19(29)30)36(33,34)21(25,26)27/h1,3-10,15H,2,11-12H2,(H,29,30)/b9-1+. The molecule has 0 heterocycles. The average Bonchev–Trinajstić information content (AvgIpc) is 2.73. The first kappa shape index (κ1) is 27.9. The van der Waals surface area contributed by atoms with Crippen LogP contribution in [0.2, 0.25) is 5.02 Å². The van der Waals surface area contributed by atoms with Gasteiger partial charge in [-0.05, 0) is 55.3 Å². The van der Waals surface area contributed by atoms with Crippen LogP contribution in [0, 0.1) is 11.6 Å². The van der Waals surface area contributed by atoms with Gasteiger partial charge in [-0.25, -0.2) is 17.2 Å². The van der Waals surface area contributed by atoms with Crippen molar-refractivity contribution in [3.8, 4) is 0 Å². The Morgan fingerprint density at radius 1 is 1.08 bits per heavy atom. The molecule has 3 rings (SSSR count). The predicted molar refractivity (Wildman–Crippen MR) is 118 cm³/mol. The second-order valence-electron chi connectivity index (χ2n) is 7.90. The first-order chi connectivity index (χ1) is 16.5. The van der Waals surface area contributed by atoms with Crippen molar-refractivity contribution in [1.29, 1.82) is 0 Å². The lowest BCUT2D eigenvalue weighted by atomic mass is 9.74. The summed E-state index contributed by atoms with van der Waals surface area (Å²) in [7, 11) is -10.7. The third kappa shape index (κ3) is 4.93. The number of hydrogen-bond donors (Lipinski definition) is 1. The highest BCUT2D eigenvalue weighted by atomic mass is 35.5. The number of nitrogens with zero attached hydrogens (tertiary/aromatic N) is 1. The largest absolute Gasteiger partial charge is 0.516 e. The number of hydrogen-bond acceptors (Lipinski definition) is 5. The highest BCUT2D eigenvalue weighted by Gasteiger charge is 2.62. The highest BCUT2D eigenvalue weighted by Crippen LogP contribution is 2.54. The maximum atomic E-state index is 14.8. The summed E-state index contributed by atoms with van der Waals surface area (Å²) in [5, 5.41) is 8.88. The third-order valence-electron chi connectivity index (χ3n) is 5.66. The van der Waals surface area contributed by atoms with Crippen LogP contribution >= 0.6 is 11.6 Å². The van der Waals surface area contributed by atoms with Gasteiger partial charge >= 0.3 is 21.5 Å². The zero-order valence-corrected chi connectivity index (χ0v) is 20.3. The lowest BCUT2D eigenvalue weighted by Crippen LogP contribution is -2.58. The van der Waals surface area contributed by atoms with Gasteiger partial charge in [-0.1, -0.05) is 17.7 Å². The first-order valence-electron chi connectivity index (χ1n) is 9.97. The Balaban J connectivity index is 2.15. The number of carboxylic acids is 1. The molecule has 0 bridgehead atoms. The summed E-state index contributed by atoms with van der Waals surface area (Å²) in [6, 6.07) is 4.82. The fourth-order valence-corrected chi connectivity index (χ4v) is 7.29. The molecule has 0 unspecified atom stereocenters. The lowest BCUT2D eigenvalue weighted by molar-refractivity contribution is -0.136. The molecule has 0 spiro atoms. The number of alkyl halides is 3. The molecule has 196 valence electrons. The normalized spacial score (nSPS) is 20.8. The summed E-state index contributed by atoms with van der Waals surface area (Å²) in [4.78, 5) is 10.3. The van der Waals surface area contributed by atoms with Crippen LogP contribution in [0.4, 0.5) is 22.0 Å². The van der Waals surface area contributed by atoms with Gasteiger partial charge in [0.1, 0.15) is 16.4 Å². The number of aliphatic carboxylic acids is 1.